The first kappa shape index (κ1) is 13.6. The van der Waals surface area contributed by atoms with E-state index in [-0.39, 0.29) is 11.9 Å². The van der Waals surface area contributed by atoms with Crippen molar-refractivity contribution in [2.75, 3.05) is 14.2 Å². The molecular formula is C16H18FNO. The minimum atomic E-state index is -0.196. The summed E-state index contributed by atoms with van der Waals surface area (Å²) in [6.07, 6.45) is 0.738. The van der Waals surface area contributed by atoms with Gasteiger partial charge in [-0.1, -0.05) is 24.3 Å². The fourth-order valence-electron chi connectivity index (χ4n) is 2.14. The molecule has 0 fully saturated rings. The van der Waals surface area contributed by atoms with Crippen LogP contribution in [-0.2, 0) is 6.42 Å². The molecule has 0 aromatic heterocycles. The molecule has 3 heteroatoms. The van der Waals surface area contributed by atoms with Gasteiger partial charge in [0.25, 0.3) is 0 Å². The van der Waals surface area contributed by atoms with Gasteiger partial charge in [0.2, 0.25) is 0 Å². The largest absolute Gasteiger partial charge is 0.497 e. The van der Waals surface area contributed by atoms with Crippen molar-refractivity contribution in [1.29, 1.82) is 0 Å². The highest BCUT2D eigenvalue weighted by Crippen LogP contribution is 2.22. The first-order valence-electron chi connectivity index (χ1n) is 6.28. The van der Waals surface area contributed by atoms with E-state index < -0.39 is 0 Å². The Morgan fingerprint density at radius 3 is 2.63 bits per heavy atom. The maximum Gasteiger partial charge on any atom is 0.123 e. The molecule has 0 saturated heterocycles. The predicted molar refractivity (Wildman–Crippen MR) is 74.9 cm³/mol. The molecule has 0 radical (unpaired) electrons. The SMILES string of the molecule is CNC(Cc1cccc(F)c1)c1cccc(OC)c1. The smallest absolute Gasteiger partial charge is 0.123 e. The van der Waals surface area contributed by atoms with Crippen LogP contribution < -0.4 is 10.1 Å². The summed E-state index contributed by atoms with van der Waals surface area (Å²) in [6, 6.07) is 14.8. The fraction of sp³-hybridized carbons (Fsp3) is 0.250. The van der Waals surface area contributed by atoms with Gasteiger partial charge in [-0.3, -0.25) is 0 Å². The molecule has 2 aromatic rings. The second-order valence-corrected chi connectivity index (χ2v) is 4.45. The Balaban J connectivity index is 2.19. The summed E-state index contributed by atoms with van der Waals surface area (Å²) in [4.78, 5) is 0. The van der Waals surface area contributed by atoms with E-state index in [1.165, 1.54) is 6.07 Å². The van der Waals surface area contributed by atoms with E-state index in [2.05, 4.69) is 5.32 Å². The third-order valence-corrected chi connectivity index (χ3v) is 3.17. The Labute approximate surface area is 113 Å². The molecule has 0 saturated carbocycles. The van der Waals surface area contributed by atoms with E-state index in [1.807, 2.05) is 37.4 Å². The summed E-state index contributed by atoms with van der Waals surface area (Å²) in [5, 5.41) is 3.26. The second kappa shape index (κ2) is 6.34. The van der Waals surface area contributed by atoms with Crippen LogP contribution in [0.4, 0.5) is 4.39 Å². The highest BCUT2D eigenvalue weighted by molar-refractivity contribution is 5.32. The van der Waals surface area contributed by atoms with Gasteiger partial charge in [0.1, 0.15) is 11.6 Å². The minimum absolute atomic E-state index is 0.136. The molecule has 1 N–H and O–H groups in total. The Morgan fingerprint density at radius 2 is 1.95 bits per heavy atom. The number of rotatable bonds is 5. The van der Waals surface area contributed by atoms with E-state index in [0.717, 1.165) is 23.3 Å². The number of nitrogens with one attached hydrogen (secondary N) is 1. The fourth-order valence-corrected chi connectivity index (χ4v) is 2.14. The van der Waals surface area contributed by atoms with Gasteiger partial charge >= 0.3 is 0 Å². The van der Waals surface area contributed by atoms with Crippen molar-refractivity contribution < 1.29 is 9.13 Å². The summed E-state index contributed by atoms with van der Waals surface area (Å²) in [5.74, 6) is 0.634. The lowest BCUT2D eigenvalue weighted by molar-refractivity contribution is 0.413. The monoisotopic (exact) mass is 259 g/mol. The van der Waals surface area contributed by atoms with Gasteiger partial charge in [-0.2, -0.15) is 0 Å². The number of hydrogen-bond donors (Lipinski definition) is 1. The molecule has 2 aromatic carbocycles. The topological polar surface area (TPSA) is 21.3 Å². The first-order valence-corrected chi connectivity index (χ1v) is 6.28. The van der Waals surface area contributed by atoms with Crippen molar-refractivity contribution >= 4 is 0 Å². The van der Waals surface area contributed by atoms with Crippen LogP contribution in [0.15, 0.2) is 48.5 Å². The Kier molecular flexibility index (Phi) is 4.53. The zero-order valence-corrected chi connectivity index (χ0v) is 11.2. The maximum absolute atomic E-state index is 13.2. The van der Waals surface area contributed by atoms with Crippen molar-refractivity contribution in [3.05, 3.63) is 65.5 Å². The third-order valence-electron chi connectivity index (χ3n) is 3.17. The van der Waals surface area contributed by atoms with Crippen LogP contribution >= 0.6 is 0 Å². The standard InChI is InChI=1S/C16H18FNO/c1-18-16(10-12-5-3-7-14(17)9-12)13-6-4-8-15(11-13)19-2/h3-9,11,16,18H,10H2,1-2H3. The van der Waals surface area contributed by atoms with Gasteiger partial charge in [0.05, 0.1) is 7.11 Å². The summed E-state index contributed by atoms with van der Waals surface area (Å²) in [7, 11) is 3.56. The van der Waals surface area contributed by atoms with E-state index in [4.69, 9.17) is 4.74 Å². The third kappa shape index (κ3) is 3.55. The molecule has 0 aliphatic heterocycles. The van der Waals surface area contributed by atoms with Crippen LogP contribution in [0.25, 0.3) is 0 Å². The Bertz CT molecular complexity index is 542. The number of methoxy groups -OCH3 is 1. The summed E-state index contributed by atoms with van der Waals surface area (Å²) in [6.45, 7) is 0. The van der Waals surface area contributed by atoms with E-state index in [1.54, 1.807) is 19.2 Å². The molecule has 2 rings (SSSR count). The molecule has 0 heterocycles. The van der Waals surface area contributed by atoms with Crippen LogP contribution in [0, 0.1) is 5.82 Å². The lowest BCUT2D eigenvalue weighted by Gasteiger charge is -2.17. The van der Waals surface area contributed by atoms with Crippen molar-refractivity contribution in [2.24, 2.45) is 0 Å². The van der Waals surface area contributed by atoms with E-state index >= 15 is 0 Å². The highest BCUT2D eigenvalue weighted by Gasteiger charge is 2.11. The molecule has 2 nitrogen and oxygen atoms in total. The van der Waals surface area contributed by atoms with Crippen LogP contribution in [0.3, 0.4) is 0 Å². The molecular weight excluding hydrogens is 241 g/mol. The van der Waals surface area contributed by atoms with Crippen LogP contribution in [-0.4, -0.2) is 14.2 Å². The van der Waals surface area contributed by atoms with Crippen LogP contribution in [0.2, 0.25) is 0 Å². The van der Waals surface area contributed by atoms with Crippen molar-refractivity contribution in [3.8, 4) is 5.75 Å². The summed E-state index contributed by atoms with van der Waals surface area (Å²) < 4.78 is 18.4. The van der Waals surface area contributed by atoms with Crippen molar-refractivity contribution in [1.82, 2.24) is 5.32 Å². The average Bonchev–Trinajstić information content (AvgIpc) is 2.45. The molecule has 19 heavy (non-hydrogen) atoms. The zero-order chi connectivity index (χ0) is 13.7. The number of halogens is 1. The maximum atomic E-state index is 13.2. The molecule has 100 valence electrons. The first-order chi connectivity index (χ1) is 9.22. The van der Waals surface area contributed by atoms with Gasteiger partial charge in [0, 0.05) is 6.04 Å². The summed E-state index contributed by atoms with van der Waals surface area (Å²) >= 11 is 0. The van der Waals surface area contributed by atoms with Crippen molar-refractivity contribution in [2.45, 2.75) is 12.5 Å². The lowest BCUT2D eigenvalue weighted by atomic mass is 9.99. The lowest BCUT2D eigenvalue weighted by Crippen LogP contribution is -2.18. The van der Waals surface area contributed by atoms with Gasteiger partial charge in [0.15, 0.2) is 0 Å². The van der Waals surface area contributed by atoms with Crippen LogP contribution in [0.1, 0.15) is 17.2 Å². The van der Waals surface area contributed by atoms with E-state index in [0.29, 0.717) is 0 Å². The molecule has 0 aliphatic rings. The molecule has 0 bridgehead atoms. The Hall–Kier alpha value is -1.87. The number of hydrogen-bond acceptors (Lipinski definition) is 2. The molecule has 1 atom stereocenters. The van der Waals surface area contributed by atoms with Gasteiger partial charge < -0.3 is 10.1 Å². The number of ether oxygens (including phenoxy) is 1. The predicted octanol–water partition coefficient (Wildman–Crippen LogP) is 3.34. The second-order valence-electron chi connectivity index (χ2n) is 4.45. The molecule has 0 spiro atoms. The normalized spacial score (nSPS) is 12.2. The van der Waals surface area contributed by atoms with E-state index in [9.17, 15) is 4.39 Å². The van der Waals surface area contributed by atoms with Gasteiger partial charge in [-0.15, -0.1) is 0 Å². The minimum Gasteiger partial charge on any atom is -0.497 e. The molecule has 1 unspecified atom stereocenters. The molecule has 0 amide bonds. The zero-order valence-electron chi connectivity index (χ0n) is 11.2. The highest BCUT2D eigenvalue weighted by atomic mass is 19.1. The average molecular weight is 259 g/mol. The summed E-state index contributed by atoms with van der Waals surface area (Å²) in [5.41, 5.74) is 2.10. The Morgan fingerprint density at radius 1 is 1.16 bits per heavy atom. The van der Waals surface area contributed by atoms with Crippen LogP contribution in [0.5, 0.6) is 5.75 Å². The van der Waals surface area contributed by atoms with Gasteiger partial charge in [-0.05, 0) is 48.9 Å². The number of benzene rings is 2. The van der Waals surface area contributed by atoms with Gasteiger partial charge in [-0.25, -0.2) is 4.39 Å². The number of likely N-dealkylation sites (N-methyl/N-ethyl adjacent to an activating group) is 1. The molecule has 0 aliphatic carbocycles. The quantitative estimate of drug-likeness (QED) is 0.889. The van der Waals surface area contributed by atoms with Crippen molar-refractivity contribution in [3.63, 3.8) is 0 Å².